The molecule has 2 N–H and O–H groups in total. The van der Waals surface area contributed by atoms with E-state index in [2.05, 4.69) is 5.32 Å². The van der Waals surface area contributed by atoms with Crippen LogP contribution in [0.1, 0.15) is 45.4 Å². The highest BCUT2D eigenvalue weighted by atomic mass is 16.6. The van der Waals surface area contributed by atoms with Gasteiger partial charge in [-0.3, -0.25) is 19.7 Å². The standard InChI is InChI=1S/C21H26N2O7/c1-12(18(24)22-16-4-3-15(29-2)6-17(16)23(27)28)30-19(25)20-7-13-5-14(8-20)10-21(26,9-13)11-20/h3-4,6,12-14,26H,5,7-11H2,1-2H3,(H,22,24)/t12-,13-,14+,20?,21?/m1/s1. The Kier molecular flexibility index (Phi) is 4.96. The number of anilines is 1. The van der Waals surface area contributed by atoms with Crippen LogP contribution in [0.15, 0.2) is 18.2 Å². The lowest BCUT2D eigenvalue weighted by atomic mass is 9.48. The van der Waals surface area contributed by atoms with Crippen molar-refractivity contribution in [1.82, 2.24) is 0 Å². The van der Waals surface area contributed by atoms with Gasteiger partial charge in [0.15, 0.2) is 6.10 Å². The lowest BCUT2D eigenvalue weighted by Gasteiger charge is -2.58. The predicted molar refractivity (Wildman–Crippen MR) is 106 cm³/mol. The number of methoxy groups -OCH3 is 1. The number of hydrogen-bond acceptors (Lipinski definition) is 7. The first kappa shape index (κ1) is 20.6. The predicted octanol–water partition coefficient (Wildman–Crippen LogP) is 2.80. The van der Waals surface area contributed by atoms with Crippen molar-refractivity contribution in [1.29, 1.82) is 0 Å². The van der Waals surface area contributed by atoms with E-state index in [1.165, 1.54) is 32.2 Å². The van der Waals surface area contributed by atoms with Crippen LogP contribution in [-0.4, -0.2) is 40.7 Å². The summed E-state index contributed by atoms with van der Waals surface area (Å²) in [6.45, 7) is 1.44. The van der Waals surface area contributed by atoms with Crippen LogP contribution in [0.3, 0.4) is 0 Å². The fraction of sp³-hybridized carbons (Fsp3) is 0.619. The zero-order valence-electron chi connectivity index (χ0n) is 17.1. The van der Waals surface area contributed by atoms with Crippen molar-refractivity contribution in [3.63, 3.8) is 0 Å². The van der Waals surface area contributed by atoms with E-state index in [1.54, 1.807) is 0 Å². The Balaban J connectivity index is 1.44. The molecule has 1 aromatic rings. The van der Waals surface area contributed by atoms with Crippen molar-refractivity contribution in [2.24, 2.45) is 17.3 Å². The molecule has 4 aliphatic rings. The number of nitrogens with one attached hydrogen (secondary N) is 1. The molecule has 1 amide bonds. The number of nitro benzene ring substituents is 1. The first-order chi connectivity index (χ1) is 14.1. The van der Waals surface area contributed by atoms with Crippen LogP contribution in [-0.2, 0) is 14.3 Å². The summed E-state index contributed by atoms with van der Waals surface area (Å²) in [5.74, 6) is -0.189. The van der Waals surface area contributed by atoms with Gasteiger partial charge >= 0.3 is 5.97 Å². The Hall–Kier alpha value is -2.68. The molecule has 0 aliphatic heterocycles. The monoisotopic (exact) mass is 418 g/mol. The van der Waals surface area contributed by atoms with Crippen LogP contribution in [0.2, 0.25) is 0 Å². The van der Waals surface area contributed by atoms with Crippen LogP contribution >= 0.6 is 0 Å². The summed E-state index contributed by atoms with van der Waals surface area (Å²) in [5, 5.41) is 24.6. The fourth-order valence-corrected chi connectivity index (χ4v) is 5.92. The first-order valence-corrected chi connectivity index (χ1v) is 10.2. The minimum Gasteiger partial charge on any atom is -0.496 e. The van der Waals surface area contributed by atoms with Crippen LogP contribution in [0.5, 0.6) is 5.75 Å². The maximum Gasteiger partial charge on any atom is 0.312 e. The van der Waals surface area contributed by atoms with Gasteiger partial charge in [-0.1, -0.05) is 0 Å². The molecule has 0 aromatic heterocycles. The molecular weight excluding hydrogens is 392 g/mol. The van der Waals surface area contributed by atoms with Gasteiger partial charge in [0, 0.05) is 0 Å². The number of amides is 1. The molecule has 5 rings (SSSR count). The van der Waals surface area contributed by atoms with Crippen molar-refractivity contribution in [3.8, 4) is 5.75 Å². The van der Waals surface area contributed by atoms with E-state index in [0.29, 0.717) is 36.8 Å². The van der Waals surface area contributed by atoms with Gasteiger partial charge in [-0.15, -0.1) is 0 Å². The maximum absolute atomic E-state index is 13.0. The summed E-state index contributed by atoms with van der Waals surface area (Å²) in [6, 6.07) is 4.08. The van der Waals surface area contributed by atoms with Crippen LogP contribution in [0.4, 0.5) is 11.4 Å². The molecule has 5 atom stereocenters. The van der Waals surface area contributed by atoms with Gasteiger partial charge in [0.25, 0.3) is 11.6 Å². The second-order valence-corrected chi connectivity index (χ2v) is 9.14. The molecule has 0 heterocycles. The zero-order valence-corrected chi connectivity index (χ0v) is 17.1. The molecule has 4 aliphatic carbocycles. The first-order valence-electron chi connectivity index (χ1n) is 10.2. The topological polar surface area (TPSA) is 128 Å². The summed E-state index contributed by atoms with van der Waals surface area (Å²) in [7, 11) is 1.39. The number of nitro groups is 1. The van der Waals surface area contributed by atoms with Gasteiger partial charge in [-0.2, -0.15) is 0 Å². The van der Waals surface area contributed by atoms with Crippen molar-refractivity contribution in [2.45, 2.75) is 57.2 Å². The van der Waals surface area contributed by atoms with Crippen LogP contribution in [0, 0.1) is 27.4 Å². The van der Waals surface area contributed by atoms with E-state index >= 15 is 0 Å². The van der Waals surface area contributed by atoms with Gasteiger partial charge in [-0.05, 0) is 69.4 Å². The van der Waals surface area contributed by atoms with Crippen LogP contribution in [0.25, 0.3) is 0 Å². The van der Waals surface area contributed by atoms with Gasteiger partial charge in [0.05, 0.1) is 29.1 Å². The number of carbonyl (C=O) groups excluding carboxylic acids is 2. The zero-order chi connectivity index (χ0) is 21.7. The Morgan fingerprint density at radius 2 is 1.93 bits per heavy atom. The van der Waals surface area contributed by atoms with Gasteiger partial charge in [0.2, 0.25) is 0 Å². The third kappa shape index (κ3) is 3.62. The van der Waals surface area contributed by atoms with Crippen molar-refractivity contribution >= 4 is 23.3 Å². The van der Waals surface area contributed by atoms with Crippen molar-refractivity contribution < 1.29 is 29.1 Å². The fourth-order valence-electron chi connectivity index (χ4n) is 5.92. The van der Waals surface area contributed by atoms with Gasteiger partial charge in [-0.25, -0.2) is 0 Å². The Morgan fingerprint density at radius 1 is 1.27 bits per heavy atom. The van der Waals surface area contributed by atoms with E-state index in [0.717, 1.165) is 19.3 Å². The molecule has 2 unspecified atom stereocenters. The number of benzene rings is 1. The highest BCUT2D eigenvalue weighted by Crippen LogP contribution is 2.62. The summed E-state index contributed by atoms with van der Waals surface area (Å²) >= 11 is 0. The highest BCUT2D eigenvalue weighted by Gasteiger charge is 2.61. The molecule has 9 nitrogen and oxygen atoms in total. The minimum atomic E-state index is -1.12. The Bertz CT molecular complexity index is 885. The highest BCUT2D eigenvalue weighted by molar-refractivity contribution is 5.97. The largest absolute Gasteiger partial charge is 0.496 e. The van der Waals surface area contributed by atoms with Crippen molar-refractivity contribution in [3.05, 3.63) is 28.3 Å². The molecule has 0 spiro atoms. The number of hydrogen-bond donors (Lipinski definition) is 2. The van der Waals surface area contributed by atoms with E-state index in [9.17, 15) is 24.8 Å². The molecule has 1 aromatic carbocycles. The molecule has 0 radical (unpaired) electrons. The molecular formula is C21H26N2O7. The molecule has 4 saturated carbocycles. The number of nitrogens with zero attached hydrogens (tertiary/aromatic N) is 1. The lowest BCUT2D eigenvalue weighted by Crippen LogP contribution is -2.59. The van der Waals surface area contributed by atoms with E-state index in [1.807, 2.05) is 0 Å². The SMILES string of the molecule is COc1ccc(NC(=O)[C@@H](C)OC(=O)C23C[C@@H]4C[C@@H](CC(O)(C4)C2)C3)c([N+](=O)[O-])c1. The number of carbonyl (C=O) groups is 2. The number of rotatable bonds is 6. The van der Waals surface area contributed by atoms with Crippen LogP contribution < -0.4 is 10.1 Å². The van der Waals surface area contributed by atoms with Crippen molar-refractivity contribution in [2.75, 3.05) is 12.4 Å². The van der Waals surface area contributed by atoms with Gasteiger partial charge < -0.3 is 19.9 Å². The third-order valence-corrected chi connectivity index (χ3v) is 6.78. The second-order valence-electron chi connectivity index (χ2n) is 9.14. The maximum atomic E-state index is 13.0. The molecule has 0 saturated heterocycles. The quantitative estimate of drug-likeness (QED) is 0.413. The molecule has 4 bridgehead atoms. The Labute approximate surface area is 173 Å². The summed E-state index contributed by atoms with van der Waals surface area (Å²) in [5.41, 5.74) is -1.86. The van der Waals surface area contributed by atoms with E-state index in [-0.39, 0.29) is 11.4 Å². The molecule has 30 heavy (non-hydrogen) atoms. The summed E-state index contributed by atoms with van der Waals surface area (Å²) in [6.07, 6.45) is 3.12. The number of ether oxygens (including phenoxy) is 2. The normalized spacial score (nSPS) is 32.4. The number of aliphatic hydroxyl groups is 1. The lowest BCUT2D eigenvalue weighted by molar-refractivity contribution is -0.384. The minimum absolute atomic E-state index is 0.00202. The Morgan fingerprint density at radius 3 is 2.50 bits per heavy atom. The van der Waals surface area contributed by atoms with E-state index in [4.69, 9.17) is 9.47 Å². The summed E-state index contributed by atoms with van der Waals surface area (Å²) < 4.78 is 10.5. The third-order valence-electron chi connectivity index (χ3n) is 6.78. The summed E-state index contributed by atoms with van der Waals surface area (Å²) in [4.78, 5) is 36.3. The number of esters is 1. The average Bonchev–Trinajstić information content (AvgIpc) is 2.66. The smallest absolute Gasteiger partial charge is 0.312 e. The second kappa shape index (κ2) is 7.23. The molecule has 162 valence electrons. The molecule has 4 fully saturated rings. The van der Waals surface area contributed by atoms with E-state index < -0.39 is 33.9 Å². The van der Waals surface area contributed by atoms with Gasteiger partial charge in [0.1, 0.15) is 11.4 Å². The molecule has 9 heteroatoms. The average molecular weight is 418 g/mol.